The predicted molar refractivity (Wildman–Crippen MR) is 62.9 cm³/mol. The summed E-state index contributed by atoms with van der Waals surface area (Å²) >= 11 is 6.08. The van der Waals surface area contributed by atoms with E-state index in [0.29, 0.717) is 10.6 Å². The summed E-state index contributed by atoms with van der Waals surface area (Å²) in [4.78, 5) is 3.79. The van der Waals surface area contributed by atoms with E-state index < -0.39 is 10.0 Å². The van der Waals surface area contributed by atoms with Gasteiger partial charge in [-0.25, -0.2) is 18.7 Å². The molecule has 2 rings (SSSR count). The molecule has 0 radical (unpaired) electrons. The minimum absolute atomic E-state index is 0.197. The van der Waals surface area contributed by atoms with Crippen molar-refractivity contribution in [3.63, 3.8) is 0 Å². The Labute approximate surface area is 103 Å². The van der Waals surface area contributed by atoms with Crippen LogP contribution in [0, 0.1) is 6.92 Å². The van der Waals surface area contributed by atoms with Gasteiger partial charge in [0.05, 0.1) is 5.02 Å². The smallest absolute Gasteiger partial charge is 0.248 e. The lowest BCUT2D eigenvalue weighted by atomic mass is 10.1. The highest BCUT2D eigenvalue weighted by molar-refractivity contribution is 7.89. The molecular weight excluding hydrogens is 264 g/mol. The molecule has 90 valence electrons. The molecule has 0 aliphatic rings. The number of sulfonamides is 1. The number of aryl methyl sites for hydroxylation is 1. The molecule has 0 saturated carbocycles. The number of benzene rings is 1. The quantitative estimate of drug-likeness (QED) is 0.854. The number of aromatic amines is 1. The number of nitrogens with two attached hydrogens (primary N) is 1. The number of halogens is 1. The first kappa shape index (κ1) is 12.0. The maximum absolute atomic E-state index is 11.0. The summed E-state index contributed by atoms with van der Waals surface area (Å²) in [5.74, 6) is 0.197. The Kier molecular flexibility index (Phi) is 2.90. The number of nitrogens with zero attached hydrogens (tertiary/aromatic N) is 2. The van der Waals surface area contributed by atoms with E-state index in [4.69, 9.17) is 16.7 Å². The predicted octanol–water partition coefficient (Wildman–Crippen LogP) is 1.08. The molecule has 1 aromatic heterocycles. The number of hydrogen-bond donors (Lipinski definition) is 2. The van der Waals surface area contributed by atoms with E-state index >= 15 is 0 Å². The maximum atomic E-state index is 11.0. The van der Waals surface area contributed by atoms with Crippen LogP contribution in [-0.4, -0.2) is 23.6 Å². The molecule has 0 atom stereocenters. The monoisotopic (exact) mass is 272 g/mol. The van der Waals surface area contributed by atoms with Gasteiger partial charge in [0, 0.05) is 5.56 Å². The van der Waals surface area contributed by atoms with E-state index in [9.17, 15) is 8.42 Å². The summed E-state index contributed by atoms with van der Waals surface area (Å²) in [5, 5.41) is 11.0. The lowest BCUT2D eigenvalue weighted by molar-refractivity contribution is 0.589. The van der Waals surface area contributed by atoms with Crippen molar-refractivity contribution in [2.45, 2.75) is 12.1 Å². The normalized spacial score (nSPS) is 11.7. The molecule has 1 heterocycles. The second kappa shape index (κ2) is 4.10. The summed E-state index contributed by atoms with van der Waals surface area (Å²) in [7, 11) is -3.89. The highest BCUT2D eigenvalue weighted by Gasteiger charge is 2.16. The molecule has 3 N–H and O–H groups in total. The van der Waals surface area contributed by atoms with E-state index in [1.54, 1.807) is 12.1 Å². The lowest BCUT2D eigenvalue weighted by Crippen LogP contribution is -2.13. The zero-order valence-electron chi connectivity index (χ0n) is 8.81. The molecule has 8 heteroatoms. The number of primary sulfonamides is 1. The van der Waals surface area contributed by atoms with Gasteiger partial charge in [0.2, 0.25) is 0 Å². The number of nitrogens with one attached hydrogen (secondary N) is 1. The minimum atomic E-state index is -3.89. The summed E-state index contributed by atoms with van der Waals surface area (Å²) in [5.41, 5.74) is 1.41. The molecule has 0 aliphatic carbocycles. The van der Waals surface area contributed by atoms with Crippen LogP contribution in [0.5, 0.6) is 0 Å². The maximum Gasteiger partial charge on any atom is 0.273 e. The van der Waals surface area contributed by atoms with Crippen molar-refractivity contribution in [2.75, 3.05) is 0 Å². The molecule has 17 heavy (non-hydrogen) atoms. The Hall–Kier alpha value is -1.44. The van der Waals surface area contributed by atoms with Crippen LogP contribution in [0.2, 0.25) is 5.02 Å². The van der Waals surface area contributed by atoms with Crippen molar-refractivity contribution in [3.05, 3.63) is 28.8 Å². The molecule has 0 spiro atoms. The molecule has 1 aromatic carbocycles. The number of hydrogen-bond acceptors (Lipinski definition) is 4. The lowest BCUT2D eigenvalue weighted by Gasteiger charge is -2.01. The molecular formula is C9H9ClN4O2S. The van der Waals surface area contributed by atoms with Gasteiger partial charge in [-0.1, -0.05) is 23.7 Å². The zero-order chi connectivity index (χ0) is 12.6. The van der Waals surface area contributed by atoms with Crippen molar-refractivity contribution in [2.24, 2.45) is 5.14 Å². The first-order valence-corrected chi connectivity index (χ1v) is 6.52. The summed E-state index contributed by atoms with van der Waals surface area (Å²) in [6.07, 6.45) is 0. The highest BCUT2D eigenvalue weighted by atomic mass is 35.5. The molecule has 6 nitrogen and oxygen atoms in total. The van der Waals surface area contributed by atoms with E-state index in [-0.39, 0.29) is 11.0 Å². The zero-order valence-corrected chi connectivity index (χ0v) is 10.4. The van der Waals surface area contributed by atoms with Crippen molar-refractivity contribution < 1.29 is 8.42 Å². The van der Waals surface area contributed by atoms with Crippen LogP contribution < -0.4 is 5.14 Å². The Morgan fingerprint density at radius 3 is 2.71 bits per heavy atom. The molecule has 0 saturated heterocycles. The second-order valence-corrected chi connectivity index (χ2v) is 5.30. The van der Waals surface area contributed by atoms with E-state index in [0.717, 1.165) is 5.56 Å². The molecule has 0 aliphatic heterocycles. The van der Waals surface area contributed by atoms with Crippen LogP contribution in [0.3, 0.4) is 0 Å². The molecule has 0 fully saturated rings. The van der Waals surface area contributed by atoms with Crippen LogP contribution in [0.1, 0.15) is 5.56 Å². The van der Waals surface area contributed by atoms with Crippen LogP contribution in [0.15, 0.2) is 23.4 Å². The third-order valence-corrected chi connectivity index (χ3v) is 3.39. The summed E-state index contributed by atoms with van der Waals surface area (Å²) in [6.45, 7) is 1.83. The van der Waals surface area contributed by atoms with Crippen LogP contribution in [-0.2, 0) is 10.0 Å². The van der Waals surface area contributed by atoms with Crippen molar-refractivity contribution >= 4 is 21.6 Å². The standard InChI is InChI=1S/C9H9ClN4O2S/c1-5-3-2-4-6(7(5)10)8-12-9(14-13-8)17(11,15)16/h2-4H,1H3,(H2,11,15,16)(H,12,13,14). The summed E-state index contributed by atoms with van der Waals surface area (Å²) in [6, 6.07) is 5.31. The van der Waals surface area contributed by atoms with Crippen LogP contribution in [0.4, 0.5) is 0 Å². The molecule has 0 bridgehead atoms. The second-order valence-electron chi connectivity index (χ2n) is 3.45. The van der Waals surface area contributed by atoms with Gasteiger partial charge in [-0.3, -0.25) is 0 Å². The van der Waals surface area contributed by atoms with Crippen molar-refractivity contribution in [1.82, 2.24) is 15.2 Å². The van der Waals surface area contributed by atoms with Gasteiger partial charge in [0.1, 0.15) is 0 Å². The van der Waals surface area contributed by atoms with E-state index in [2.05, 4.69) is 15.2 Å². The van der Waals surface area contributed by atoms with Gasteiger partial charge in [-0.05, 0) is 18.6 Å². The fraction of sp³-hybridized carbons (Fsp3) is 0.111. The van der Waals surface area contributed by atoms with Crippen molar-refractivity contribution in [3.8, 4) is 11.4 Å². The highest BCUT2D eigenvalue weighted by Crippen LogP contribution is 2.27. The van der Waals surface area contributed by atoms with Gasteiger partial charge in [0.15, 0.2) is 5.82 Å². The summed E-state index contributed by atoms with van der Waals surface area (Å²) < 4.78 is 22.1. The fourth-order valence-electron chi connectivity index (χ4n) is 1.31. The average molecular weight is 273 g/mol. The Bertz CT molecular complexity index is 665. The number of H-pyrrole nitrogens is 1. The molecule has 0 unspecified atom stereocenters. The van der Waals surface area contributed by atoms with Gasteiger partial charge >= 0.3 is 0 Å². The first-order chi connectivity index (χ1) is 7.89. The van der Waals surface area contributed by atoms with Crippen LogP contribution in [0.25, 0.3) is 11.4 Å². The van der Waals surface area contributed by atoms with E-state index in [1.165, 1.54) is 0 Å². The molecule has 0 amide bonds. The third-order valence-electron chi connectivity index (χ3n) is 2.17. The third kappa shape index (κ3) is 2.31. The molecule has 2 aromatic rings. The Morgan fingerprint density at radius 1 is 1.41 bits per heavy atom. The Morgan fingerprint density at radius 2 is 2.12 bits per heavy atom. The van der Waals surface area contributed by atoms with E-state index in [1.807, 2.05) is 13.0 Å². The van der Waals surface area contributed by atoms with Gasteiger partial charge in [-0.2, -0.15) is 10.1 Å². The fourth-order valence-corrected chi connectivity index (χ4v) is 1.91. The first-order valence-electron chi connectivity index (χ1n) is 4.60. The topological polar surface area (TPSA) is 102 Å². The van der Waals surface area contributed by atoms with Crippen LogP contribution >= 0.6 is 11.6 Å². The van der Waals surface area contributed by atoms with Crippen molar-refractivity contribution in [1.29, 1.82) is 0 Å². The minimum Gasteiger partial charge on any atom is -0.248 e. The van der Waals surface area contributed by atoms with Gasteiger partial charge < -0.3 is 0 Å². The van der Waals surface area contributed by atoms with Gasteiger partial charge in [-0.15, -0.1) is 0 Å². The SMILES string of the molecule is Cc1cccc(-c2n[nH]c(S(N)(=O)=O)n2)c1Cl. The number of aromatic nitrogens is 3. The largest absolute Gasteiger partial charge is 0.273 e. The number of rotatable bonds is 2. The average Bonchev–Trinajstić information content (AvgIpc) is 2.70. The van der Waals surface area contributed by atoms with Gasteiger partial charge in [0.25, 0.3) is 15.2 Å². The Balaban J connectivity index is 2.55.